The number of rotatable bonds is 4. The molecule has 28 heavy (non-hydrogen) atoms. The number of anilines is 1. The van der Waals surface area contributed by atoms with Gasteiger partial charge in [-0.05, 0) is 22.4 Å². The van der Waals surface area contributed by atoms with Crippen LogP contribution in [0.4, 0.5) is 5.69 Å². The van der Waals surface area contributed by atoms with E-state index in [2.05, 4.69) is 49.7 Å². The zero-order chi connectivity index (χ0) is 18.9. The summed E-state index contributed by atoms with van der Waals surface area (Å²) in [5.41, 5.74) is 1.74. The number of amides is 1. The smallest absolute Gasteiger partial charge is 0.295 e. The Kier molecular flexibility index (Phi) is 3.79. The van der Waals surface area contributed by atoms with E-state index in [-0.39, 0.29) is 5.82 Å². The molecule has 5 rings (SSSR count). The van der Waals surface area contributed by atoms with Gasteiger partial charge in [-0.25, -0.2) is 9.50 Å². The molecule has 5 aromatic rings. The van der Waals surface area contributed by atoms with Crippen LogP contribution in [0.3, 0.4) is 0 Å². The molecule has 3 heterocycles. The highest BCUT2D eigenvalue weighted by atomic mass is 16.2. The molecule has 3 aromatic heterocycles. The maximum absolute atomic E-state index is 12.4. The van der Waals surface area contributed by atoms with Gasteiger partial charge in [0.05, 0.1) is 18.4 Å². The third-order valence-corrected chi connectivity index (χ3v) is 4.42. The van der Waals surface area contributed by atoms with Crippen LogP contribution in [0.1, 0.15) is 16.2 Å². The normalized spacial score (nSPS) is 11.1. The third-order valence-electron chi connectivity index (χ3n) is 4.42. The van der Waals surface area contributed by atoms with E-state index in [4.69, 9.17) is 0 Å². The lowest BCUT2D eigenvalue weighted by atomic mass is 10.0. The number of hydrogen-bond donors (Lipinski definition) is 1. The fourth-order valence-corrected chi connectivity index (χ4v) is 3.14. The summed E-state index contributed by atoms with van der Waals surface area (Å²) in [6, 6.07) is 16.2. The minimum atomic E-state index is -0.407. The number of carbonyl (C=O) groups excluding carboxylic acids is 1. The molecule has 136 valence electrons. The molecule has 0 saturated heterocycles. The maximum atomic E-state index is 12.4. The van der Waals surface area contributed by atoms with Crippen LogP contribution in [0.15, 0.2) is 73.3 Å². The fourth-order valence-electron chi connectivity index (χ4n) is 3.14. The first-order valence-electron chi connectivity index (χ1n) is 8.74. The molecule has 0 radical (unpaired) electrons. The van der Waals surface area contributed by atoms with Gasteiger partial charge in [-0.15, -0.1) is 5.10 Å². The number of fused-ring (bicyclic) bond motifs is 2. The van der Waals surface area contributed by atoms with Gasteiger partial charge in [0, 0.05) is 18.6 Å². The molecule has 1 N–H and O–H groups in total. The van der Waals surface area contributed by atoms with Gasteiger partial charge in [-0.3, -0.25) is 9.48 Å². The van der Waals surface area contributed by atoms with Crippen LogP contribution in [-0.2, 0) is 6.54 Å². The van der Waals surface area contributed by atoms with Gasteiger partial charge in [0.2, 0.25) is 5.82 Å². The fraction of sp³-hybridized carbons (Fsp3) is 0.0500. The van der Waals surface area contributed by atoms with E-state index >= 15 is 0 Å². The lowest BCUT2D eigenvalue weighted by Crippen LogP contribution is -2.13. The van der Waals surface area contributed by atoms with Gasteiger partial charge in [-0.1, -0.05) is 42.5 Å². The van der Waals surface area contributed by atoms with Crippen molar-refractivity contribution in [2.45, 2.75) is 6.54 Å². The molecule has 8 nitrogen and oxygen atoms in total. The molecular formula is C20H15N7O. The quantitative estimate of drug-likeness (QED) is 0.526. The van der Waals surface area contributed by atoms with Crippen LogP contribution in [0.25, 0.3) is 16.6 Å². The molecule has 0 unspecified atom stereocenters. The summed E-state index contributed by atoms with van der Waals surface area (Å²) in [6.07, 6.45) is 6.68. The Bertz CT molecular complexity index is 1270. The lowest BCUT2D eigenvalue weighted by molar-refractivity contribution is 0.101. The summed E-state index contributed by atoms with van der Waals surface area (Å²) in [5.74, 6) is 0.0232. The molecule has 0 bridgehead atoms. The van der Waals surface area contributed by atoms with Crippen molar-refractivity contribution in [3.63, 3.8) is 0 Å². The lowest BCUT2D eigenvalue weighted by Gasteiger charge is -2.06. The van der Waals surface area contributed by atoms with E-state index in [1.54, 1.807) is 35.5 Å². The Balaban J connectivity index is 1.35. The van der Waals surface area contributed by atoms with Crippen molar-refractivity contribution in [1.29, 1.82) is 0 Å². The molecule has 8 heteroatoms. The van der Waals surface area contributed by atoms with Crippen molar-refractivity contribution in [3.05, 3.63) is 84.7 Å². The van der Waals surface area contributed by atoms with Crippen LogP contribution in [0, 0.1) is 0 Å². The van der Waals surface area contributed by atoms with Crippen LogP contribution < -0.4 is 5.32 Å². The van der Waals surface area contributed by atoms with Crippen LogP contribution >= 0.6 is 0 Å². The summed E-state index contributed by atoms with van der Waals surface area (Å²) in [4.78, 5) is 20.6. The average Bonchev–Trinajstić information content (AvgIpc) is 3.35. The predicted octanol–water partition coefficient (Wildman–Crippen LogP) is 2.77. The monoisotopic (exact) mass is 369 g/mol. The van der Waals surface area contributed by atoms with Crippen molar-refractivity contribution in [2.24, 2.45) is 0 Å². The Morgan fingerprint density at radius 1 is 1.07 bits per heavy atom. The van der Waals surface area contributed by atoms with Gasteiger partial charge < -0.3 is 5.32 Å². The second-order valence-corrected chi connectivity index (χ2v) is 6.32. The second kappa shape index (κ2) is 6.58. The van der Waals surface area contributed by atoms with Crippen molar-refractivity contribution in [1.82, 2.24) is 29.4 Å². The number of nitrogens with one attached hydrogen (secondary N) is 1. The standard InChI is InChI=1S/C20H15N7O/c28-19(18-24-20-21-9-4-10-27(20)25-18)23-16-11-22-26(13-16)12-15-7-3-6-14-5-1-2-8-17(14)15/h1-11,13H,12H2,(H,23,28). The highest BCUT2D eigenvalue weighted by Gasteiger charge is 2.14. The predicted molar refractivity (Wildman–Crippen MR) is 104 cm³/mol. The van der Waals surface area contributed by atoms with Gasteiger partial charge in [0.1, 0.15) is 0 Å². The molecule has 2 aromatic carbocycles. The van der Waals surface area contributed by atoms with Crippen LogP contribution in [0.2, 0.25) is 0 Å². The van der Waals surface area contributed by atoms with Gasteiger partial charge >= 0.3 is 0 Å². The highest BCUT2D eigenvalue weighted by molar-refractivity contribution is 6.01. The van der Waals surface area contributed by atoms with Gasteiger partial charge in [0.15, 0.2) is 0 Å². The van der Waals surface area contributed by atoms with Gasteiger partial charge in [-0.2, -0.15) is 10.1 Å². The minimum absolute atomic E-state index is 0.0560. The van der Waals surface area contributed by atoms with Crippen molar-refractivity contribution < 1.29 is 4.79 Å². The molecule has 0 saturated carbocycles. The molecule has 0 fully saturated rings. The number of hydrogen-bond acceptors (Lipinski definition) is 5. The number of benzene rings is 2. The first-order valence-corrected chi connectivity index (χ1v) is 8.74. The number of aromatic nitrogens is 6. The van der Waals surface area contributed by atoms with E-state index in [9.17, 15) is 4.79 Å². The van der Waals surface area contributed by atoms with Crippen LogP contribution in [0.5, 0.6) is 0 Å². The van der Waals surface area contributed by atoms with Gasteiger partial charge in [0.25, 0.3) is 11.7 Å². The first-order chi connectivity index (χ1) is 13.8. The molecule has 0 spiro atoms. The second-order valence-electron chi connectivity index (χ2n) is 6.32. The summed E-state index contributed by atoms with van der Waals surface area (Å²) < 4.78 is 3.24. The summed E-state index contributed by atoms with van der Waals surface area (Å²) in [7, 11) is 0. The molecule has 1 amide bonds. The third kappa shape index (κ3) is 2.96. The SMILES string of the molecule is O=C(Nc1cnn(Cc2cccc3ccccc23)c1)c1nc2ncccn2n1. The molecular weight excluding hydrogens is 354 g/mol. The summed E-state index contributed by atoms with van der Waals surface area (Å²) in [5, 5.41) is 13.6. The summed E-state index contributed by atoms with van der Waals surface area (Å²) >= 11 is 0. The Hall–Kier alpha value is -4.07. The Labute approximate surface area is 159 Å². The van der Waals surface area contributed by atoms with E-state index in [0.29, 0.717) is 18.0 Å². The number of nitrogens with zero attached hydrogens (tertiary/aromatic N) is 6. The molecule has 0 aliphatic rings. The van der Waals surface area contributed by atoms with Crippen molar-refractivity contribution in [3.8, 4) is 0 Å². The number of carbonyl (C=O) groups is 1. The van der Waals surface area contributed by atoms with E-state index in [0.717, 1.165) is 5.56 Å². The first kappa shape index (κ1) is 16.1. The summed E-state index contributed by atoms with van der Waals surface area (Å²) in [6.45, 7) is 0.605. The Morgan fingerprint density at radius 2 is 1.96 bits per heavy atom. The zero-order valence-electron chi connectivity index (χ0n) is 14.7. The van der Waals surface area contributed by atoms with E-state index in [1.165, 1.54) is 15.3 Å². The maximum Gasteiger partial charge on any atom is 0.295 e. The average molecular weight is 369 g/mol. The molecule has 0 atom stereocenters. The van der Waals surface area contributed by atoms with E-state index < -0.39 is 5.91 Å². The largest absolute Gasteiger partial charge is 0.316 e. The zero-order valence-corrected chi connectivity index (χ0v) is 14.7. The molecule has 0 aliphatic carbocycles. The van der Waals surface area contributed by atoms with Crippen molar-refractivity contribution >= 4 is 28.1 Å². The highest BCUT2D eigenvalue weighted by Crippen LogP contribution is 2.19. The van der Waals surface area contributed by atoms with Crippen molar-refractivity contribution in [2.75, 3.05) is 5.32 Å². The Morgan fingerprint density at radius 3 is 2.89 bits per heavy atom. The molecule has 0 aliphatic heterocycles. The van der Waals surface area contributed by atoms with Crippen LogP contribution in [-0.4, -0.2) is 35.3 Å². The minimum Gasteiger partial charge on any atom is -0.316 e. The topological polar surface area (TPSA) is 90.0 Å². The van der Waals surface area contributed by atoms with E-state index in [1.807, 2.05) is 18.2 Å².